The predicted molar refractivity (Wildman–Crippen MR) is 77.5 cm³/mol. The van der Waals surface area contributed by atoms with Crippen LogP contribution in [0, 0.1) is 0 Å². The van der Waals surface area contributed by atoms with Crippen molar-refractivity contribution >= 4 is 5.82 Å². The van der Waals surface area contributed by atoms with Gasteiger partial charge in [0, 0.05) is 30.4 Å². The molecule has 1 aromatic carbocycles. The Balaban J connectivity index is 2.12. The van der Waals surface area contributed by atoms with Crippen LogP contribution in [0.25, 0.3) is 22.6 Å². The molecule has 20 heavy (non-hydrogen) atoms. The van der Waals surface area contributed by atoms with Crippen LogP contribution >= 0.6 is 0 Å². The molecule has 0 unspecified atom stereocenters. The molecule has 6 heteroatoms. The van der Waals surface area contributed by atoms with E-state index < -0.39 is 0 Å². The normalized spacial score (nSPS) is 10.5. The molecule has 3 aromatic rings. The summed E-state index contributed by atoms with van der Waals surface area (Å²) in [5.41, 5.74) is 5.21. The van der Waals surface area contributed by atoms with Gasteiger partial charge in [0.15, 0.2) is 5.82 Å². The molecule has 0 aliphatic carbocycles. The van der Waals surface area contributed by atoms with Gasteiger partial charge in [-0.05, 0) is 0 Å². The highest BCUT2D eigenvalue weighted by atomic mass is 15.3. The zero-order chi connectivity index (χ0) is 13.9. The van der Waals surface area contributed by atoms with Gasteiger partial charge in [-0.15, -0.1) is 0 Å². The molecule has 0 aliphatic rings. The monoisotopic (exact) mass is 266 g/mol. The number of aryl methyl sites for hydroxylation is 1. The van der Waals surface area contributed by atoms with Crippen LogP contribution in [0.5, 0.6) is 0 Å². The van der Waals surface area contributed by atoms with Gasteiger partial charge in [-0.3, -0.25) is 4.68 Å². The lowest BCUT2D eigenvalue weighted by Gasteiger charge is -2.06. The van der Waals surface area contributed by atoms with Gasteiger partial charge in [-0.2, -0.15) is 5.10 Å². The van der Waals surface area contributed by atoms with Crippen molar-refractivity contribution < 1.29 is 0 Å². The maximum atomic E-state index is 5.49. The van der Waals surface area contributed by atoms with Crippen LogP contribution in [-0.4, -0.2) is 19.7 Å². The Labute approximate surface area is 116 Å². The number of aromatic nitrogens is 4. The van der Waals surface area contributed by atoms with Gasteiger partial charge in [0.25, 0.3) is 0 Å². The van der Waals surface area contributed by atoms with Crippen molar-refractivity contribution in [3.8, 4) is 22.6 Å². The fourth-order valence-corrected chi connectivity index (χ4v) is 1.94. The van der Waals surface area contributed by atoms with Gasteiger partial charge in [-0.25, -0.2) is 15.8 Å². The molecule has 0 spiro atoms. The molecule has 0 amide bonds. The third kappa shape index (κ3) is 2.36. The zero-order valence-corrected chi connectivity index (χ0v) is 11.0. The summed E-state index contributed by atoms with van der Waals surface area (Å²) in [5, 5.41) is 4.16. The topological polar surface area (TPSA) is 81.7 Å². The lowest BCUT2D eigenvalue weighted by molar-refractivity contribution is 0.768. The second-order valence-corrected chi connectivity index (χ2v) is 4.38. The summed E-state index contributed by atoms with van der Waals surface area (Å²) in [6.45, 7) is 0. The third-order valence-electron chi connectivity index (χ3n) is 2.91. The van der Waals surface area contributed by atoms with Crippen molar-refractivity contribution in [2.45, 2.75) is 0 Å². The average molecular weight is 266 g/mol. The van der Waals surface area contributed by atoms with Gasteiger partial charge < -0.3 is 5.43 Å². The molecular weight excluding hydrogens is 252 g/mol. The lowest BCUT2D eigenvalue weighted by atomic mass is 10.2. The Morgan fingerprint density at radius 2 is 1.90 bits per heavy atom. The average Bonchev–Trinajstić information content (AvgIpc) is 2.94. The molecule has 0 saturated carbocycles. The van der Waals surface area contributed by atoms with Crippen molar-refractivity contribution in [2.75, 3.05) is 5.43 Å². The van der Waals surface area contributed by atoms with Crippen molar-refractivity contribution in [3.63, 3.8) is 0 Å². The number of benzene rings is 1. The van der Waals surface area contributed by atoms with Gasteiger partial charge in [-0.1, -0.05) is 30.3 Å². The van der Waals surface area contributed by atoms with Crippen LogP contribution in [0.4, 0.5) is 5.82 Å². The SMILES string of the molecule is Cn1cc(-c2cc(NN)nc(-c3ccccc3)n2)cn1. The Kier molecular flexibility index (Phi) is 3.14. The molecule has 3 N–H and O–H groups in total. The number of rotatable bonds is 3. The Morgan fingerprint density at radius 1 is 1.10 bits per heavy atom. The van der Waals surface area contributed by atoms with Crippen LogP contribution < -0.4 is 11.3 Å². The van der Waals surface area contributed by atoms with E-state index in [1.807, 2.05) is 43.6 Å². The van der Waals surface area contributed by atoms with E-state index in [9.17, 15) is 0 Å². The van der Waals surface area contributed by atoms with Gasteiger partial charge >= 0.3 is 0 Å². The van der Waals surface area contributed by atoms with Crippen LogP contribution in [0.3, 0.4) is 0 Å². The molecule has 0 fully saturated rings. The molecule has 2 heterocycles. The fourth-order valence-electron chi connectivity index (χ4n) is 1.94. The number of nitrogens with two attached hydrogens (primary N) is 1. The van der Waals surface area contributed by atoms with E-state index in [4.69, 9.17) is 5.84 Å². The van der Waals surface area contributed by atoms with Crippen molar-refractivity contribution in [1.82, 2.24) is 19.7 Å². The smallest absolute Gasteiger partial charge is 0.162 e. The highest BCUT2D eigenvalue weighted by Gasteiger charge is 2.09. The van der Waals surface area contributed by atoms with E-state index in [0.717, 1.165) is 16.8 Å². The largest absolute Gasteiger partial charge is 0.308 e. The van der Waals surface area contributed by atoms with Gasteiger partial charge in [0.05, 0.1) is 11.9 Å². The number of nitrogens with one attached hydrogen (secondary N) is 1. The summed E-state index contributed by atoms with van der Waals surface area (Å²) in [7, 11) is 1.87. The van der Waals surface area contributed by atoms with Crippen LogP contribution in [0.1, 0.15) is 0 Å². The van der Waals surface area contributed by atoms with Crippen LogP contribution in [0.15, 0.2) is 48.8 Å². The molecule has 0 aliphatic heterocycles. The molecule has 2 aromatic heterocycles. The van der Waals surface area contributed by atoms with Gasteiger partial charge in [0.2, 0.25) is 0 Å². The predicted octanol–water partition coefficient (Wildman–Crippen LogP) is 1.83. The zero-order valence-electron chi connectivity index (χ0n) is 11.0. The molecule has 3 rings (SSSR count). The molecule has 0 radical (unpaired) electrons. The molecule has 100 valence electrons. The minimum atomic E-state index is 0.567. The highest BCUT2D eigenvalue weighted by molar-refractivity contribution is 5.66. The standard InChI is InChI=1S/C14H14N6/c1-20-9-11(8-16-20)12-7-13(19-15)18-14(17-12)10-5-3-2-4-6-10/h2-9H,15H2,1H3,(H,17,18,19). The summed E-state index contributed by atoms with van der Waals surface area (Å²) in [5.74, 6) is 6.68. The first-order valence-corrected chi connectivity index (χ1v) is 6.16. The molecular formula is C14H14N6. The second-order valence-electron chi connectivity index (χ2n) is 4.38. The number of nitrogen functional groups attached to an aromatic ring is 1. The summed E-state index contributed by atoms with van der Waals surface area (Å²) in [4.78, 5) is 8.96. The van der Waals surface area contributed by atoms with E-state index in [1.54, 1.807) is 16.9 Å². The second kappa shape index (κ2) is 5.10. The number of hydrogen-bond acceptors (Lipinski definition) is 5. The van der Waals surface area contributed by atoms with E-state index in [1.165, 1.54) is 0 Å². The first kappa shape index (κ1) is 12.3. The number of nitrogens with zero attached hydrogens (tertiary/aromatic N) is 4. The molecule has 0 bridgehead atoms. The van der Waals surface area contributed by atoms with E-state index in [2.05, 4.69) is 20.5 Å². The number of anilines is 1. The Bertz CT molecular complexity index is 720. The van der Waals surface area contributed by atoms with E-state index in [-0.39, 0.29) is 0 Å². The van der Waals surface area contributed by atoms with Gasteiger partial charge in [0.1, 0.15) is 5.82 Å². The summed E-state index contributed by atoms with van der Waals surface area (Å²) < 4.78 is 1.73. The maximum absolute atomic E-state index is 5.49. The number of hydrogen-bond donors (Lipinski definition) is 2. The van der Waals surface area contributed by atoms with Crippen molar-refractivity contribution in [1.29, 1.82) is 0 Å². The minimum Gasteiger partial charge on any atom is -0.308 e. The highest BCUT2D eigenvalue weighted by Crippen LogP contribution is 2.23. The maximum Gasteiger partial charge on any atom is 0.162 e. The third-order valence-corrected chi connectivity index (χ3v) is 2.91. The molecule has 6 nitrogen and oxygen atoms in total. The van der Waals surface area contributed by atoms with Crippen molar-refractivity contribution in [3.05, 3.63) is 48.8 Å². The summed E-state index contributed by atoms with van der Waals surface area (Å²) >= 11 is 0. The molecule has 0 saturated heterocycles. The fraction of sp³-hybridized carbons (Fsp3) is 0.0714. The van der Waals surface area contributed by atoms with E-state index in [0.29, 0.717) is 11.6 Å². The van der Waals surface area contributed by atoms with Crippen molar-refractivity contribution in [2.24, 2.45) is 12.9 Å². The van der Waals surface area contributed by atoms with Crippen LogP contribution in [0.2, 0.25) is 0 Å². The van der Waals surface area contributed by atoms with Crippen LogP contribution in [-0.2, 0) is 7.05 Å². The first-order valence-electron chi connectivity index (χ1n) is 6.16. The summed E-state index contributed by atoms with van der Waals surface area (Å²) in [6.07, 6.45) is 3.66. The minimum absolute atomic E-state index is 0.567. The first-order chi connectivity index (χ1) is 9.76. The number of hydrazine groups is 1. The van der Waals surface area contributed by atoms with E-state index >= 15 is 0 Å². The Hall–Kier alpha value is -2.73. The molecule has 0 atom stereocenters. The summed E-state index contributed by atoms with van der Waals surface area (Å²) in [6, 6.07) is 11.6. The quantitative estimate of drug-likeness (QED) is 0.558. The Morgan fingerprint density at radius 3 is 2.55 bits per heavy atom. The lowest BCUT2D eigenvalue weighted by Crippen LogP contribution is -2.09.